The van der Waals surface area contributed by atoms with Gasteiger partial charge in [-0.25, -0.2) is 4.68 Å². The molecule has 1 aromatic carbocycles. The first-order valence-corrected chi connectivity index (χ1v) is 7.69. The molecule has 0 spiro atoms. The lowest BCUT2D eigenvalue weighted by molar-refractivity contribution is 0.0617. The summed E-state index contributed by atoms with van der Waals surface area (Å²) in [5.41, 5.74) is 8.24. The van der Waals surface area contributed by atoms with Crippen LogP contribution in [0.1, 0.15) is 35.3 Å². The maximum Gasteiger partial charge on any atom is 0.276 e. The number of carbonyl (C=O) groups is 1. The van der Waals surface area contributed by atoms with Crippen molar-refractivity contribution < 1.29 is 4.79 Å². The smallest absolute Gasteiger partial charge is 0.276 e. The number of amides is 1. The number of hydrogen-bond acceptors (Lipinski definition) is 4. The molecule has 6 heteroatoms. The molecule has 0 bridgehead atoms. The van der Waals surface area contributed by atoms with E-state index >= 15 is 0 Å². The summed E-state index contributed by atoms with van der Waals surface area (Å²) in [5.74, 6) is -0.0755. The summed E-state index contributed by atoms with van der Waals surface area (Å²) in [4.78, 5) is 14.5. The standard InChI is InChI=1S/C16H21N5O/c1-12-5-7-13(8-6-12)21-11-15(18-19-21)16(22)20-9-3-2-4-14(20)10-17/h5-8,11,14H,2-4,9-10,17H2,1H3/t14-/m0/s1. The van der Waals surface area contributed by atoms with Gasteiger partial charge in [0.05, 0.1) is 11.9 Å². The van der Waals surface area contributed by atoms with E-state index < -0.39 is 0 Å². The number of benzene rings is 1. The highest BCUT2D eigenvalue weighted by Gasteiger charge is 2.28. The summed E-state index contributed by atoms with van der Waals surface area (Å²) in [7, 11) is 0. The summed E-state index contributed by atoms with van der Waals surface area (Å²) >= 11 is 0. The number of piperidine rings is 1. The molecule has 116 valence electrons. The maximum absolute atomic E-state index is 12.6. The number of carbonyl (C=O) groups excluding carboxylic acids is 1. The van der Waals surface area contributed by atoms with Crippen LogP contribution in [-0.2, 0) is 0 Å². The predicted molar refractivity (Wildman–Crippen MR) is 83.8 cm³/mol. The lowest BCUT2D eigenvalue weighted by Gasteiger charge is -2.34. The van der Waals surface area contributed by atoms with E-state index in [9.17, 15) is 4.79 Å². The van der Waals surface area contributed by atoms with Crippen molar-refractivity contribution in [2.45, 2.75) is 32.2 Å². The molecule has 2 N–H and O–H groups in total. The number of aromatic nitrogens is 3. The van der Waals surface area contributed by atoms with Gasteiger partial charge in [0.25, 0.3) is 5.91 Å². The van der Waals surface area contributed by atoms with Gasteiger partial charge < -0.3 is 10.6 Å². The zero-order chi connectivity index (χ0) is 15.5. The topological polar surface area (TPSA) is 77.0 Å². The zero-order valence-electron chi connectivity index (χ0n) is 12.8. The molecule has 1 fully saturated rings. The molecule has 2 heterocycles. The molecule has 0 saturated carbocycles. The molecule has 6 nitrogen and oxygen atoms in total. The van der Waals surface area contributed by atoms with Gasteiger partial charge in [0, 0.05) is 19.1 Å². The molecule has 2 aromatic rings. The van der Waals surface area contributed by atoms with Crippen LogP contribution in [0.3, 0.4) is 0 Å². The Balaban J connectivity index is 1.80. The molecule has 0 unspecified atom stereocenters. The van der Waals surface area contributed by atoms with Crippen LogP contribution in [0.5, 0.6) is 0 Å². The van der Waals surface area contributed by atoms with E-state index in [0.29, 0.717) is 12.2 Å². The Kier molecular flexibility index (Phi) is 4.20. The molecule has 1 atom stereocenters. The summed E-state index contributed by atoms with van der Waals surface area (Å²) in [6.45, 7) is 3.28. The second-order valence-corrected chi connectivity index (χ2v) is 5.77. The summed E-state index contributed by atoms with van der Waals surface area (Å²) in [5, 5.41) is 8.11. The molecule has 1 amide bonds. The molecule has 1 aliphatic heterocycles. The maximum atomic E-state index is 12.6. The third kappa shape index (κ3) is 2.87. The number of nitrogens with zero attached hydrogens (tertiary/aromatic N) is 4. The fraction of sp³-hybridized carbons (Fsp3) is 0.438. The highest BCUT2D eigenvalue weighted by molar-refractivity contribution is 5.92. The van der Waals surface area contributed by atoms with Crippen molar-refractivity contribution >= 4 is 5.91 Å². The molecule has 1 aromatic heterocycles. The van der Waals surface area contributed by atoms with E-state index in [-0.39, 0.29) is 11.9 Å². The first-order valence-electron chi connectivity index (χ1n) is 7.69. The highest BCUT2D eigenvalue weighted by Crippen LogP contribution is 2.18. The number of aryl methyl sites for hydroxylation is 1. The van der Waals surface area contributed by atoms with Gasteiger partial charge in [0.15, 0.2) is 5.69 Å². The van der Waals surface area contributed by atoms with E-state index in [4.69, 9.17) is 5.73 Å². The van der Waals surface area contributed by atoms with E-state index in [1.54, 1.807) is 10.9 Å². The van der Waals surface area contributed by atoms with Crippen molar-refractivity contribution in [3.63, 3.8) is 0 Å². The molecular formula is C16H21N5O. The van der Waals surface area contributed by atoms with Crippen molar-refractivity contribution in [2.75, 3.05) is 13.1 Å². The minimum atomic E-state index is -0.0755. The van der Waals surface area contributed by atoms with Crippen LogP contribution in [0.4, 0.5) is 0 Å². The molecule has 22 heavy (non-hydrogen) atoms. The molecular weight excluding hydrogens is 278 g/mol. The number of nitrogens with two attached hydrogens (primary N) is 1. The van der Waals surface area contributed by atoms with Crippen molar-refractivity contribution in [3.05, 3.63) is 41.7 Å². The van der Waals surface area contributed by atoms with Gasteiger partial charge in [-0.1, -0.05) is 22.9 Å². The van der Waals surface area contributed by atoms with Gasteiger partial charge in [0.2, 0.25) is 0 Å². The van der Waals surface area contributed by atoms with Crippen LogP contribution in [0.2, 0.25) is 0 Å². The van der Waals surface area contributed by atoms with Crippen molar-refractivity contribution in [1.29, 1.82) is 0 Å². The summed E-state index contributed by atoms with van der Waals surface area (Å²) in [6.07, 6.45) is 4.81. The quantitative estimate of drug-likeness (QED) is 0.932. The van der Waals surface area contributed by atoms with E-state index in [2.05, 4.69) is 10.3 Å². The fourth-order valence-corrected chi connectivity index (χ4v) is 2.85. The number of rotatable bonds is 3. The van der Waals surface area contributed by atoms with Crippen molar-refractivity contribution in [3.8, 4) is 5.69 Å². The van der Waals surface area contributed by atoms with Crippen LogP contribution < -0.4 is 5.73 Å². The lowest BCUT2D eigenvalue weighted by atomic mass is 10.0. The normalized spacial score (nSPS) is 18.5. The Hall–Kier alpha value is -2.21. The number of hydrogen-bond donors (Lipinski definition) is 1. The molecule has 3 rings (SSSR count). The minimum Gasteiger partial charge on any atom is -0.333 e. The van der Waals surface area contributed by atoms with Crippen LogP contribution in [-0.4, -0.2) is 44.9 Å². The SMILES string of the molecule is Cc1ccc(-n2cc(C(=O)N3CCCC[C@H]3CN)nn2)cc1. The van der Waals surface area contributed by atoms with E-state index in [1.807, 2.05) is 36.1 Å². The third-order valence-corrected chi connectivity index (χ3v) is 4.17. The Labute approximate surface area is 129 Å². The van der Waals surface area contributed by atoms with Crippen LogP contribution in [0, 0.1) is 6.92 Å². The van der Waals surface area contributed by atoms with Gasteiger partial charge in [-0.05, 0) is 38.3 Å². The van der Waals surface area contributed by atoms with Gasteiger partial charge in [0.1, 0.15) is 0 Å². The second kappa shape index (κ2) is 6.27. The van der Waals surface area contributed by atoms with Crippen molar-refractivity contribution in [2.24, 2.45) is 5.73 Å². The van der Waals surface area contributed by atoms with Crippen molar-refractivity contribution in [1.82, 2.24) is 19.9 Å². The fourth-order valence-electron chi connectivity index (χ4n) is 2.85. The Morgan fingerprint density at radius 1 is 1.32 bits per heavy atom. The van der Waals surface area contributed by atoms with Crippen LogP contribution in [0.15, 0.2) is 30.5 Å². The average molecular weight is 299 g/mol. The largest absolute Gasteiger partial charge is 0.333 e. The van der Waals surface area contributed by atoms with E-state index in [1.165, 1.54) is 5.56 Å². The van der Waals surface area contributed by atoms with Crippen LogP contribution in [0.25, 0.3) is 5.69 Å². The summed E-state index contributed by atoms with van der Waals surface area (Å²) < 4.78 is 1.63. The Morgan fingerprint density at radius 3 is 2.82 bits per heavy atom. The molecule has 1 aliphatic rings. The Bertz CT molecular complexity index is 649. The second-order valence-electron chi connectivity index (χ2n) is 5.77. The Morgan fingerprint density at radius 2 is 2.09 bits per heavy atom. The summed E-state index contributed by atoms with van der Waals surface area (Å²) in [6, 6.07) is 8.05. The lowest BCUT2D eigenvalue weighted by Crippen LogP contribution is -2.47. The highest BCUT2D eigenvalue weighted by atomic mass is 16.2. The molecule has 0 radical (unpaired) electrons. The third-order valence-electron chi connectivity index (χ3n) is 4.17. The monoisotopic (exact) mass is 299 g/mol. The van der Waals surface area contributed by atoms with E-state index in [0.717, 1.165) is 31.5 Å². The predicted octanol–water partition coefficient (Wildman–Crippen LogP) is 1.53. The average Bonchev–Trinajstić information content (AvgIpc) is 3.05. The first kappa shape index (κ1) is 14.7. The first-order chi connectivity index (χ1) is 10.7. The molecule has 1 saturated heterocycles. The molecule has 0 aliphatic carbocycles. The van der Waals surface area contributed by atoms with Gasteiger partial charge in [-0.2, -0.15) is 0 Å². The van der Waals surface area contributed by atoms with Crippen LogP contribution >= 0.6 is 0 Å². The van der Waals surface area contributed by atoms with Gasteiger partial charge in [-0.15, -0.1) is 5.10 Å². The van der Waals surface area contributed by atoms with Gasteiger partial charge >= 0.3 is 0 Å². The zero-order valence-corrected chi connectivity index (χ0v) is 12.8. The van der Waals surface area contributed by atoms with Gasteiger partial charge in [-0.3, -0.25) is 4.79 Å². The number of likely N-dealkylation sites (tertiary alicyclic amines) is 1. The minimum absolute atomic E-state index is 0.0755.